The van der Waals surface area contributed by atoms with Crippen molar-refractivity contribution in [3.8, 4) is 0 Å². The number of hydrogen-bond acceptors (Lipinski definition) is 5. The van der Waals surface area contributed by atoms with E-state index in [1.54, 1.807) is 27.0 Å². The summed E-state index contributed by atoms with van der Waals surface area (Å²) in [5, 5.41) is 12.0. The van der Waals surface area contributed by atoms with E-state index in [2.05, 4.69) is 10.3 Å². The third-order valence-corrected chi connectivity index (χ3v) is 3.03. The quantitative estimate of drug-likeness (QED) is 0.887. The Bertz CT molecular complexity index is 465. The molecule has 0 saturated carbocycles. The maximum atomic E-state index is 11.7. The van der Waals surface area contributed by atoms with Crippen LogP contribution in [0, 0.1) is 6.92 Å². The zero-order chi connectivity index (χ0) is 14.6. The van der Waals surface area contributed by atoms with Gasteiger partial charge in [-0.1, -0.05) is 0 Å². The zero-order valence-corrected chi connectivity index (χ0v) is 12.2. The highest BCUT2D eigenvalue weighted by atomic mass is 32.1. The Morgan fingerprint density at radius 3 is 2.58 bits per heavy atom. The fourth-order valence-electron chi connectivity index (χ4n) is 1.36. The van der Waals surface area contributed by atoms with E-state index >= 15 is 0 Å². The number of carbonyl (C=O) groups excluding carboxylic acids is 1. The molecule has 0 fully saturated rings. The number of aliphatic carboxylic acids is 1. The van der Waals surface area contributed by atoms with Crippen LogP contribution in [0.2, 0.25) is 0 Å². The second-order valence-corrected chi connectivity index (χ2v) is 6.37. The van der Waals surface area contributed by atoms with Crippen molar-refractivity contribution >= 4 is 23.4 Å². The lowest BCUT2D eigenvalue weighted by Gasteiger charge is -2.22. The number of alkyl carbamates (subject to hydrolysis) is 1. The molecule has 19 heavy (non-hydrogen) atoms. The Morgan fingerprint density at radius 1 is 1.53 bits per heavy atom. The molecule has 0 unspecified atom stereocenters. The van der Waals surface area contributed by atoms with Crippen molar-refractivity contribution in [1.29, 1.82) is 0 Å². The normalized spacial score (nSPS) is 12.8. The molecule has 2 N–H and O–H groups in total. The molecule has 1 atom stereocenters. The van der Waals surface area contributed by atoms with Crippen molar-refractivity contribution in [3.63, 3.8) is 0 Å². The molecule has 1 heterocycles. The van der Waals surface area contributed by atoms with Crippen LogP contribution in [0.1, 0.15) is 43.1 Å². The number of carbonyl (C=O) groups is 2. The van der Waals surface area contributed by atoms with Crippen LogP contribution in [-0.4, -0.2) is 27.8 Å². The molecule has 0 spiro atoms. The van der Waals surface area contributed by atoms with E-state index in [9.17, 15) is 9.59 Å². The van der Waals surface area contributed by atoms with Gasteiger partial charge in [-0.05, 0) is 27.7 Å². The number of nitrogens with one attached hydrogen (secondary N) is 1. The second kappa shape index (κ2) is 6.01. The summed E-state index contributed by atoms with van der Waals surface area (Å²) in [6.07, 6.45) is 0.768. The fraction of sp³-hybridized carbons (Fsp3) is 0.583. The number of hydrogen-bond donors (Lipinski definition) is 2. The number of aromatic nitrogens is 1. The van der Waals surface area contributed by atoms with Gasteiger partial charge in [-0.2, -0.15) is 0 Å². The maximum Gasteiger partial charge on any atom is 0.408 e. The Labute approximate surface area is 115 Å². The van der Waals surface area contributed by atoms with Gasteiger partial charge < -0.3 is 15.2 Å². The summed E-state index contributed by atoms with van der Waals surface area (Å²) in [6, 6.07) is -0.675. The Balaban J connectivity index is 2.76. The number of aryl methyl sites for hydroxylation is 1. The molecule has 1 aromatic rings. The number of ether oxygens (including phenoxy) is 1. The summed E-state index contributed by atoms with van der Waals surface area (Å²) in [4.78, 5) is 27.6. The van der Waals surface area contributed by atoms with Gasteiger partial charge in [0.25, 0.3) is 0 Å². The Hall–Kier alpha value is -1.63. The largest absolute Gasteiger partial charge is 0.481 e. The zero-order valence-electron chi connectivity index (χ0n) is 11.4. The van der Waals surface area contributed by atoms with Gasteiger partial charge in [0.15, 0.2) is 0 Å². The van der Waals surface area contributed by atoms with Gasteiger partial charge in [0, 0.05) is 11.1 Å². The molecule has 0 radical (unpaired) electrons. The first kappa shape index (κ1) is 15.4. The lowest BCUT2D eigenvalue weighted by molar-refractivity contribution is -0.137. The smallest absolute Gasteiger partial charge is 0.408 e. The van der Waals surface area contributed by atoms with Gasteiger partial charge in [0.05, 0.1) is 12.5 Å². The molecule has 6 nitrogen and oxygen atoms in total. The summed E-state index contributed by atoms with van der Waals surface area (Å²) in [5.41, 5.74) is -0.628. The molecule has 106 valence electrons. The van der Waals surface area contributed by atoms with Crippen molar-refractivity contribution in [1.82, 2.24) is 10.3 Å². The minimum atomic E-state index is -1.01. The molecule has 0 saturated heterocycles. The molecule has 1 amide bonds. The van der Waals surface area contributed by atoms with Crippen LogP contribution in [-0.2, 0) is 9.53 Å². The van der Waals surface area contributed by atoms with Crippen molar-refractivity contribution in [2.24, 2.45) is 0 Å². The summed E-state index contributed by atoms with van der Waals surface area (Å²) >= 11 is 1.35. The van der Waals surface area contributed by atoms with E-state index in [1.165, 1.54) is 11.3 Å². The molecular formula is C12H18N2O4S. The molecule has 0 aromatic carbocycles. The van der Waals surface area contributed by atoms with Gasteiger partial charge in [-0.15, -0.1) is 11.3 Å². The fourth-order valence-corrected chi connectivity index (χ4v) is 2.18. The van der Waals surface area contributed by atoms with Crippen molar-refractivity contribution in [2.45, 2.75) is 45.8 Å². The number of thiazole rings is 1. The van der Waals surface area contributed by atoms with Crippen LogP contribution in [0.4, 0.5) is 4.79 Å². The molecule has 0 aliphatic rings. The van der Waals surface area contributed by atoms with Crippen molar-refractivity contribution in [3.05, 3.63) is 16.1 Å². The Morgan fingerprint density at radius 2 is 2.16 bits per heavy atom. The van der Waals surface area contributed by atoms with Crippen LogP contribution in [0.25, 0.3) is 0 Å². The Kier molecular flexibility index (Phi) is 4.88. The molecule has 0 aliphatic carbocycles. The van der Waals surface area contributed by atoms with Crippen LogP contribution >= 0.6 is 11.3 Å². The monoisotopic (exact) mass is 286 g/mol. The molecule has 1 aromatic heterocycles. The third-order valence-electron chi connectivity index (χ3n) is 2.01. The highest BCUT2D eigenvalue weighted by Crippen LogP contribution is 2.22. The van der Waals surface area contributed by atoms with Crippen molar-refractivity contribution in [2.75, 3.05) is 0 Å². The van der Waals surface area contributed by atoms with Gasteiger partial charge in [-0.3, -0.25) is 4.79 Å². The van der Waals surface area contributed by atoms with Crippen molar-refractivity contribution < 1.29 is 19.4 Å². The topological polar surface area (TPSA) is 88.5 Å². The lowest BCUT2D eigenvalue weighted by Crippen LogP contribution is -2.35. The molecule has 0 bridgehead atoms. The number of amides is 1. The summed E-state index contributed by atoms with van der Waals surface area (Å²) < 4.78 is 5.11. The second-order valence-electron chi connectivity index (χ2n) is 5.11. The van der Waals surface area contributed by atoms with Crippen LogP contribution in [0.5, 0.6) is 0 Å². The van der Waals surface area contributed by atoms with E-state index in [4.69, 9.17) is 9.84 Å². The predicted molar refractivity (Wildman–Crippen MR) is 71.2 cm³/mol. The number of carboxylic acid groups (broad SMARTS) is 1. The van der Waals surface area contributed by atoms with Gasteiger partial charge in [0.2, 0.25) is 0 Å². The first-order valence-electron chi connectivity index (χ1n) is 5.81. The summed E-state index contributed by atoms with van der Waals surface area (Å²) in [7, 11) is 0. The standard InChI is InChI=1S/C12H18N2O4S/c1-7-6-13-10(19-7)8(5-9(15)16)14-11(17)18-12(2,3)4/h6,8H,5H2,1-4H3,(H,14,17)(H,15,16)/t8-/m0/s1. The maximum absolute atomic E-state index is 11.7. The van der Waals surface area contributed by atoms with E-state index < -0.39 is 23.7 Å². The number of carboxylic acids is 1. The third kappa shape index (κ3) is 5.69. The highest BCUT2D eigenvalue weighted by molar-refractivity contribution is 7.11. The van der Waals surface area contributed by atoms with E-state index in [0.29, 0.717) is 5.01 Å². The molecule has 7 heteroatoms. The first-order chi connectivity index (χ1) is 8.67. The van der Waals surface area contributed by atoms with Gasteiger partial charge in [-0.25, -0.2) is 9.78 Å². The summed E-state index contributed by atoms with van der Waals surface area (Å²) in [5.74, 6) is -1.01. The number of rotatable bonds is 4. The van der Waals surface area contributed by atoms with E-state index in [1.807, 2.05) is 6.92 Å². The molecule has 1 rings (SSSR count). The van der Waals surface area contributed by atoms with Crippen LogP contribution in [0.3, 0.4) is 0 Å². The lowest BCUT2D eigenvalue weighted by atomic mass is 10.2. The average Bonchev–Trinajstić information content (AvgIpc) is 2.60. The van der Waals surface area contributed by atoms with E-state index in [0.717, 1.165) is 4.88 Å². The first-order valence-corrected chi connectivity index (χ1v) is 6.62. The average molecular weight is 286 g/mol. The van der Waals surface area contributed by atoms with Gasteiger partial charge in [0.1, 0.15) is 10.6 Å². The summed E-state index contributed by atoms with van der Waals surface area (Å²) in [6.45, 7) is 7.09. The van der Waals surface area contributed by atoms with Crippen LogP contribution < -0.4 is 5.32 Å². The number of nitrogens with zero attached hydrogens (tertiary/aromatic N) is 1. The SMILES string of the molecule is Cc1cnc([C@H](CC(=O)O)NC(=O)OC(C)(C)C)s1. The molecular weight excluding hydrogens is 268 g/mol. The van der Waals surface area contributed by atoms with E-state index in [-0.39, 0.29) is 6.42 Å². The van der Waals surface area contributed by atoms with Crippen LogP contribution in [0.15, 0.2) is 6.20 Å². The predicted octanol–water partition coefficient (Wildman–Crippen LogP) is 2.49. The molecule has 0 aliphatic heterocycles. The highest BCUT2D eigenvalue weighted by Gasteiger charge is 2.24. The van der Waals surface area contributed by atoms with Gasteiger partial charge >= 0.3 is 12.1 Å². The minimum Gasteiger partial charge on any atom is -0.481 e. The minimum absolute atomic E-state index is 0.230.